The summed E-state index contributed by atoms with van der Waals surface area (Å²) < 4.78 is 10.4. The SMILES string of the molecule is CC(C)c1ccccc1OCC(=O)OCC(=O)NCc1ccc(Cl)cc1Cl. The molecule has 0 fully saturated rings. The molecule has 27 heavy (non-hydrogen) atoms. The number of amides is 1. The number of ether oxygens (including phenoxy) is 2. The van der Waals surface area contributed by atoms with Crippen molar-refractivity contribution >= 4 is 35.1 Å². The molecule has 144 valence electrons. The van der Waals surface area contributed by atoms with Crippen LogP contribution in [0.1, 0.15) is 30.9 Å². The van der Waals surface area contributed by atoms with Crippen LogP contribution in [0.4, 0.5) is 0 Å². The van der Waals surface area contributed by atoms with Crippen molar-refractivity contribution in [1.82, 2.24) is 5.32 Å². The molecule has 0 heterocycles. The van der Waals surface area contributed by atoms with E-state index in [0.29, 0.717) is 15.8 Å². The highest BCUT2D eigenvalue weighted by atomic mass is 35.5. The Labute approximate surface area is 168 Å². The van der Waals surface area contributed by atoms with Gasteiger partial charge >= 0.3 is 5.97 Å². The van der Waals surface area contributed by atoms with Crippen LogP contribution < -0.4 is 10.1 Å². The van der Waals surface area contributed by atoms with Crippen molar-refractivity contribution in [1.29, 1.82) is 0 Å². The second-order valence-corrected chi connectivity index (χ2v) is 7.00. The first-order valence-corrected chi connectivity index (χ1v) is 9.20. The zero-order valence-corrected chi connectivity index (χ0v) is 16.6. The maximum absolute atomic E-state index is 11.8. The van der Waals surface area contributed by atoms with Crippen molar-refractivity contribution < 1.29 is 19.1 Å². The predicted molar refractivity (Wildman–Crippen MR) is 105 cm³/mol. The Morgan fingerprint density at radius 2 is 1.81 bits per heavy atom. The van der Waals surface area contributed by atoms with E-state index in [1.807, 2.05) is 32.0 Å². The standard InChI is InChI=1S/C20H21Cl2NO4/c1-13(2)16-5-3-4-6-18(16)26-12-20(25)27-11-19(24)23-10-14-7-8-15(21)9-17(14)22/h3-9,13H,10-12H2,1-2H3,(H,23,24). The minimum atomic E-state index is -0.617. The maximum atomic E-state index is 11.8. The molecule has 2 rings (SSSR count). The number of hydrogen-bond donors (Lipinski definition) is 1. The average molecular weight is 410 g/mol. The van der Waals surface area contributed by atoms with Gasteiger partial charge in [0.2, 0.25) is 0 Å². The molecule has 0 radical (unpaired) electrons. The number of carbonyl (C=O) groups excluding carboxylic acids is 2. The monoisotopic (exact) mass is 409 g/mol. The lowest BCUT2D eigenvalue weighted by atomic mass is 10.0. The Balaban J connectivity index is 1.74. The van der Waals surface area contributed by atoms with Crippen LogP contribution in [-0.2, 0) is 20.9 Å². The summed E-state index contributed by atoms with van der Waals surface area (Å²) in [5, 5.41) is 3.60. The second-order valence-electron chi connectivity index (χ2n) is 6.15. The lowest BCUT2D eigenvalue weighted by Crippen LogP contribution is -2.29. The Hall–Kier alpha value is -2.24. The van der Waals surface area contributed by atoms with Gasteiger partial charge < -0.3 is 14.8 Å². The van der Waals surface area contributed by atoms with Crippen LogP contribution in [0.25, 0.3) is 0 Å². The molecule has 7 heteroatoms. The van der Waals surface area contributed by atoms with Gasteiger partial charge in [-0.15, -0.1) is 0 Å². The van der Waals surface area contributed by atoms with E-state index in [4.69, 9.17) is 32.7 Å². The fourth-order valence-electron chi connectivity index (χ4n) is 2.32. The van der Waals surface area contributed by atoms with Crippen LogP contribution in [-0.4, -0.2) is 25.1 Å². The lowest BCUT2D eigenvalue weighted by molar-refractivity contribution is -0.150. The fourth-order valence-corrected chi connectivity index (χ4v) is 2.80. The zero-order valence-electron chi connectivity index (χ0n) is 15.1. The molecule has 1 amide bonds. The Kier molecular flexibility index (Phi) is 7.95. The molecular weight excluding hydrogens is 389 g/mol. The van der Waals surface area contributed by atoms with Gasteiger partial charge in [-0.1, -0.05) is 61.3 Å². The first-order valence-electron chi connectivity index (χ1n) is 8.44. The van der Waals surface area contributed by atoms with Crippen LogP contribution in [0, 0.1) is 0 Å². The second kappa shape index (κ2) is 10.2. The summed E-state index contributed by atoms with van der Waals surface area (Å²) >= 11 is 11.9. The smallest absolute Gasteiger partial charge is 0.344 e. The van der Waals surface area contributed by atoms with Crippen molar-refractivity contribution in [2.45, 2.75) is 26.3 Å². The first kappa shape index (κ1) is 21.1. The third kappa shape index (κ3) is 6.77. The van der Waals surface area contributed by atoms with E-state index in [-0.39, 0.29) is 25.7 Å². The van der Waals surface area contributed by atoms with E-state index < -0.39 is 11.9 Å². The Bertz CT molecular complexity index is 808. The molecule has 1 N–H and O–H groups in total. The number of nitrogens with one attached hydrogen (secondary N) is 1. The van der Waals surface area contributed by atoms with Crippen molar-refractivity contribution in [2.75, 3.05) is 13.2 Å². The topological polar surface area (TPSA) is 64.6 Å². The highest BCUT2D eigenvalue weighted by Crippen LogP contribution is 2.25. The van der Waals surface area contributed by atoms with E-state index >= 15 is 0 Å². The van der Waals surface area contributed by atoms with Crippen LogP contribution in [0.2, 0.25) is 10.0 Å². The molecule has 0 aliphatic rings. The molecule has 0 aliphatic carbocycles. The van der Waals surface area contributed by atoms with Gasteiger partial charge in [0.1, 0.15) is 5.75 Å². The predicted octanol–water partition coefficient (Wildman–Crippen LogP) is 4.36. The fraction of sp³-hybridized carbons (Fsp3) is 0.300. The lowest BCUT2D eigenvalue weighted by Gasteiger charge is -2.13. The van der Waals surface area contributed by atoms with Crippen molar-refractivity contribution in [3.63, 3.8) is 0 Å². The van der Waals surface area contributed by atoms with Gasteiger partial charge in [-0.2, -0.15) is 0 Å². The molecule has 0 saturated carbocycles. The number of carbonyl (C=O) groups is 2. The minimum Gasteiger partial charge on any atom is -0.482 e. The highest BCUT2D eigenvalue weighted by molar-refractivity contribution is 6.35. The molecule has 2 aromatic carbocycles. The average Bonchev–Trinajstić information content (AvgIpc) is 2.64. The number of esters is 1. The Morgan fingerprint density at radius 1 is 1.07 bits per heavy atom. The van der Waals surface area contributed by atoms with Gasteiger partial charge in [-0.05, 0) is 35.2 Å². The maximum Gasteiger partial charge on any atom is 0.344 e. The van der Waals surface area contributed by atoms with Crippen molar-refractivity contribution in [2.24, 2.45) is 0 Å². The molecular formula is C20H21Cl2NO4. The molecule has 5 nitrogen and oxygen atoms in total. The highest BCUT2D eigenvalue weighted by Gasteiger charge is 2.12. The summed E-state index contributed by atoms with van der Waals surface area (Å²) in [6.07, 6.45) is 0. The van der Waals surface area contributed by atoms with E-state index in [1.165, 1.54) is 0 Å². The number of benzene rings is 2. The normalized spacial score (nSPS) is 10.6. The molecule has 0 aromatic heterocycles. The Morgan fingerprint density at radius 3 is 2.52 bits per heavy atom. The number of rotatable bonds is 8. The summed E-state index contributed by atoms with van der Waals surface area (Å²) in [6, 6.07) is 12.5. The minimum absolute atomic E-state index is 0.213. The first-order chi connectivity index (χ1) is 12.9. The summed E-state index contributed by atoms with van der Waals surface area (Å²) in [5.41, 5.74) is 1.72. The van der Waals surface area contributed by atoms with Gasteiger partial charge in [-0.25, -0.2) is 4.79 Å². The number of hydrogen-bond acceptors (Lipinski definition) is 4. The molecule has 0 saturated heterocycles. The molecule has 2 aromatic rings. The zero-order chi connectivity index (χ0) is 19.8. The molecule has 0 atom stereocenters. The summed E-state index contributed by atoms with van der Waals surface area (Å²) in [7, 11) is 0. The number of halogens is 2. The van der Waals surface area contributed by atoms with Crippen LogP contribution in [0.3, 0.4) is 0 Å². The molecule has 0 spiro atoms. The van der Waals surface area contributed by atoms with Gasteiger partial charge in [0.25, 0.3) is 5.91 Å². The van der Waals surface area contributed by atoms with Gasteiger partial charge in [-0.3, -0.25) is 4.79 Å². The van der Waals surface area contributed by atoms with Crippen LogP contribution in [0.15, 0.2) is 42.5 Å². The van der Waals surface area contributed by atoms with Crippen molar-refractivity contribution in [3.05, 3.63) is 63.6 Å². The third-order valence-corrected chi connectivity index (χ3v) is 4.33. The summed E-state index contributed by atoms with van der Waals surface area (Å²) in [6.45, 7) is 3.64. The van der Waals surface area contributed by atoms with Gasteiger partial charge in [0.15, 0.2) is 13.2 Å². The largest absolute Gasteiger partial charge is 0.482 e. The summed E-state index contributed by atoms with van der Waals surface area (Å²) in [4.78, 5) is 23.6. The van der Waals surface area contributed by atoms with Crippen molar-refractivity contribution in [3.8, 4) is 5.75 Å². The molecule has 0 aliphatic heterocycles. The molecule has 0 bridgehead atoms. The van der Waals surface area contributed by atoms with E-state index in [9.17, 15) is 9.59 Å². The van der Waals surface area contributed by atoms with E-state index in [2.05, 4.69) is 5.32 Å². The molecule has 0 unspecified atom stereocenters. The number of para-hydroxylation sites is 1. The van der Waals surface area contributed by atoms with Gasteiger partial charge in [0.05, 0.1) is 0 Å². The van der Waals surface area contributed by atoms with E-state index in [0.717, 1.165) is 11.1 Å². The van der Waals surface area contributed by atoms with E-state index in [1.54, 1.807) is 24.3 Å². The van der Waals surface area contributed by atoms with Crippen LogP contribution >= 0.6 is 23.2 Å². The summed E-state index contributed by atoms with van der Waals surface area (Å²) in [5.74, 6) is -0.154. The van der Waals surface area contributed by atoms with Gasteiger partial charge in [0, 0.05) is 16.6 Å². The van der Waals surface area contributed by atoms with Crippen LogP contribution in [0.5, 0.6) is 5.75 Å². The third-order valence-electron chi connectivity index (χ3n) is 3.74. The quantitative estimate of drug-likeness (QED) is 0.657.